The zero-order valence-corrected chi connectivity index (χ0v) is 18.7. The van der Waals surface area contributed by atoms with E-state index in [0.717, 1.165) is 45.2 Å². The van der Waals surface area contributed by atoms with Gasteiger partial charge in [-0.3, -0.25) is 4.79 Å². The normalized spacial score (nSPS) is 16.0. The summed E-state index contributed by atoms with van der Waals surface area (Å²) in [6.45, 7) is 0. The van der Waals surface area contributed by atoms with Crippen molar-refractivity contribution in [3.8, 4) is 0 Å². The molecule has 1 saturated carbocycles. The van der Waals surface area contributed by atoms with Gasteiger partial charge in [-0.05, 0) is 49.2 Å². The van der Waals surface area contributed by atoms with E-state index in [-0.39, 0.29) is 11.9 Å². The third-order valence-corrected chi connectivity index (χ3v) is 7.27. The Morgan fingerprint density at radius 1 is 0.935 bits per heavy atom. The molecule has 5 heteroatoms. The van der Waals surface area contributed by atoms with Gasteiger partial charge in [-0.1, -0.05) is 73.0 Å². The number of nitrogens with zero attached hydrogens (tertiary/aromatic N) is 1. The average molecular weight is 447 g/mol. The van der Waals surface area contributed by atoms with Gasteiger partial charge in [0.2, 0.25) is 0 Å². The molecule has 3 aromatic rings. The number of amides is 1. The van der Waals surface area contributed by atoms with Gasteiger partial charge in [0.1, 0.15) is 0 Å². The summed E-state index contributed by atoms with van der Waals surface area (Å²) < 4.78 is 0. The lowest BCUT2D eigenvalue weighted by Crippen LogP contribution is -2.36. The van der Waals surface area contributed by atoms with Crippen LogP contribution < -0.4 is 5.32 Å². The van der Waals surface area contributed by atoms with Crippen molar-refractivity contribution in [2.24, 2.45) is 4.99 Å². The monoisotopic (exact) mass is 446 g/mol. The van der Waals surface area contributed by atoms with Crippen LogP contribution in [0.3, 0.4) is 0 Å². The van der Waals surface area contributed by atoms with Crippen molar-refractivity contribution >= 4 is 40.7 Å². The minimum absolute atomic E-state index is 0.00953. The Kier molecular flexibility index (Phi) is 5.84. The van der Waals surface area contributed by atoms with Crippen LogP contribution in [0.25, 0.3) is 0 Å². The number of carbonyl (C=O) groups is 1. The first-order valence-electron chi connectivity index (χ1n) is 10.7. The summed E-state index contributed by atoms with van der Waals surface area (Å²) in [4.78, 5) is 20.1. The summed E-state index contributed by atoms with van der Waals surface area (Å²) >= 11 is 7.80. The van der Waals surface area contributed by atoms with Crippen LogP contribution in [-0.4, -0.2) is 17.7 Å². The standard InChI is InChI=1S/C26H23ClN2OS/c27-19-13-10-17(11-14-19)25-21-8-4-5-9-23(21)31-24-15-12-18(16-22(24)29-25)26(30)28-20-6-2-1-3-7-20/h4-5,8-16,20H,1-3,6-7H2,(H,28,30). The molecule has 31 heavy (non-hydrogen) atoms. The molecule has 1 heterocycles. The highest BCUT2D eigenvalue weighted by molar-refractivity contribution is 7.99. The zero-order chi connectivity index (χ0) is 21.2. The fourth-order valence-corrected chi connectivity index (χ4v) is 5.36. The van der Waals surface area contributed by atoms with E-state index in [2.05, 4.69) is 17.4 Å². The van der Waals surface area contributed by atoms with Gasteiger partial charge < -0.3 is 5.32 Å². The Morgan fingerprint density at radius 2 is 1.71 bits per heavy atom. The minimum atomic E-state index is -0.00953. The van der Waals surface area contributed by atoms with E-state index in [9.17, 15) is 4.79 Å². The highest BCUT2D eigenvalue weighted by Gasteiger charge is 2.21. The second-order valence-corrected chi connectivity index (χ2v) is 9.58. The van der Waals surface area contributed by atoms with Crippen LogP contribution in [0.1, 0.15) is 53.6 Å². The number of carbonyl (C=O) groups excluding carboxylic acids is 1. The van der Waals surface area contributed by atoms with E-state index in [0.29, 0.717) is 10.6 Å². The summed E-state index contributed by atoms with van der Waals surface area (Å²) in [7, 11) is 0. The maximum Gasteiger partial charge on any atom is 0.251 e. The van der Waals surface area contributed by atoms with Crippen LogP contribution >= 0.6 is 23.4 Å². The minimum Gasteiger partial charge on any atom is -0.349 e. The number of hydrogen-bond acceptors (Lipinski definition) is 3. The van der Waals surface area contributed by atoms with Gasteiger partial charge in [-0.25, -0.2) is 4.99 Å². The van der Waals surface area contributed by atoms with Gasteiger partial charge >= 0.3 is 0 Å². The molecule has 0 unspecified atom stereocenters. The van der Waals surface area contributed by atoms with Crippen LogP contribution in [0.15, 0.2) is 81.5 Å². The zero-order valence-electron chi connectivity index (χ0n) is 17.1. The van der Waals surface area contributed by atoms with Gasteiger partial charge in [0.05, 0.1) is 11.4 Å². The van der Waals surface area contributed by atoms with Crippen molar-refractivity contribution in [2.75, 3.05) is 0 Å². The van der Waals surface area contributed by atoms with E-state index in [1.807, 2.05) is 54.6 Å². The molecule has 1 fully saturated rings. The average Bonchev–Trinajstić information content (AvgIpc) is 2.96. The molecule has 3 nitrogen and oxygen atoms in total. The van der Waals surface area contributed by atoms with Gasteiger partial charge in [-0.15, -0.1) is 0 Å². The molecule has 2 aliphatic rings. The molecular weight excluding hydrogens is 424 g/mol. The molecule has 0 spiro atoms. The first-order chi connectivity index (χ1) is 15.2. The molecule has 0 atom stereocenters. The largest absolute Gasteiger partial charge is 0.349 e. The number of benzene rings is 3. The van der Waals surface area contributed by atoms with Crippen molar-refractivity contribution < 1.29 is 4.79 Å². The summed E-state index contributed by atoms with van der Waals surface area (Å²) in [6.07, 6.45) is 5.80. The smallest absolute Gasteiger partial charge is 0.251 e. The summed E-state index contributed by atoms with van der Waals surface area (Å²) in [5, 5.41) is 3.91. The first kappa shape index (κ1) is 20.3. The molecule has 0 saturated heterocycles. The van der Waals surface area contributed by atoms with Gasteiger partial charge in [-0.2, -0.15) is 0 Å². The molecule has 3 aromatic carbocycles. The molecule has 156 valence electrons. The van der Waals surface area contributed by atoms with Crippen LogP contribution in [0.4, 0.5) is 5.69 Å². The number of fused-ring (bicyclic) bond motifs is 2. The van der Waals surface area contributed by atoms with Crippen LogP contribution in [0.2, 0.25) is 5.02 Å². The topological polar surface area (TPSA) is 41.5 Å². The molecule has 1 aliphatic carbocycles. The number of nitrogens with one attached hydrogen (secondary N) is 1. The predicted molar refractivity (Wildman–Crippen MR) is 128 cm³/mol. The van der Waals surface area contributed by atoms with E-state index in [1.165, 1.54) is 19.3 Å². The molecule has 1 N–H and O–H groups in total. The lowest BCUT2D eigenvalue weighted by atomic mass is 9.95. The highest BCUT2D eigenvalue weighted by Crippen LogP contribution is 2.41. The van der Waals surface area contributed by atoms with Gasteiger partial charge in [0, 0.05) is 37.5 Å². The van der Waals surface area contributed by atoms with Crippen LogP contribution in [0, 0.1) is 0 Å². The fraction of sp³-hybridized carbons (Fsp3) is 0.231. The molecule has 0 radical (unpaired) electrons. The van der Waals surface area contributed by atoms with Crippen LogP contribution in [-0.2, 0) is 0 Å². The van der Waals surface area contributed by atoms with E-state index < -0.39 is 0 Å². The van der Waals surface area contributed by atoms with Crippen molar-refractivity contribution in [1.82, 2.24) is 5.32 Å². The van der Waals surface area contributed by atoms with E-state index >= 15 is 0 Å². The fourth-order valence-electron chi connectivity index (χ4n) is 4.23. The van der Waals surface area contributed by atoms with Crippen molar-refractivity contribution in [3.05, 3.63) is 88.4 Å². The maximum absolute atomic E-state index is 12.9. The third kappa shape index (κ3) is 4.41. The van der Waals surface area contributed by atoms with E-state index in [4.69, 9.17) is 16.6 Å². The van der Waals surface area contributed by atoms with Crippen molar-refractivity contribution in [1.29, 1.82) is 0 Å². The van der Waals surface area contributed by atoms with Crippen LogP contribution in [0.5, 0.6) is 0 Å². The summed E-state index contributed by atoms with van der Waals surface area (Å²) in [6, 6.07) is 22.2. The number of rotatable bonds is 3. The number of halogens is 1. The summed E-state index contributed by atoms with van der Waals surface area (Å²) in [5.74, 6) is -0.00953. The lowest BCUT2D eigenvalue weighted by molar-refractivity contribution is 0.0927. The molecular formula is C26H23ClN2OS. The van der Waals surface area contributed by atoms with Crippen molar-refractivity contribution in [3.63, 3.8) is 0 Å². The van der Waals surface area contributed by atoms with E-state index in [1.54, 1.807) is 11.8 Å². The Hall–Kier alpha value is -2.56. The Balaban J connectivity index is 1.54. The number of hydrogen-bond donors (Lipinski definition) is 1. The molecule has 5 rings (SSSR count). The number of aliphatic imine (C=N–C) groups is 1. The first-order valence-corrected chi connectivity index (χ1v) is 11.9. The Bertz CT molecular complexity index is 1150. The molecule has 0 bridgehead atoms. The second-order valence-electron chi connectivity index (χ2n) is 8.06. The maximum atomic E-state index is 12.9. The molecule has 0 aromatic heterocycles. The quantitative estimate of drug-likeness (QED) is 0.366. The van der Waals surface area contributed by atoms with Crippen molar-refractivity contribution in [2.45, 2.75) is 47.9 Å². The summed E-state index contributed by atoms with van der Waals surface area (Å²) in [5.41, 5.74) is 4.46. The predicted octanol–water partition coefficient (Wildman–Crippen LogP) is 7.04. The third-order valence-electron chi connectivity index (χ3n) is 5.87. The highest BCUT2D eigenvalue weighted by atomic mass is 35.5. The van der Waals surface area contributed by atoms with Gasteiger partial charge in [0.15, 0.2) is 0 Å². The lowest BCUT2D eigenvalue weighted by Gasteiger charge is -2.22. The Labute approximate surface area is 191 Å². The second kappa shape index (κ2) is 8.89. The SMILES string of the molecule is O=C(NC1CCCCC1)c1ccc2c(c1)N=C(c1ccc(Cl)cc1)c1ccccc1S2. The Morgan fingerprint density at radius 3 is 2.52 bits per heavy atom. The van der Waals surface area contributed by atoms with Gasteiger partial charge in [0.25, 0.3) is 5.91 Å². The molecule has 1 amide bonds. The molecule has 1 aliphatic heterocycles.